The molecule has 9 nitrogen and oxygen atoms in total. The smallest absolute Gasteiger partial charge is 0.404 e. The summed E-state index contributed by atoms with van der Waals surface area (Å²) in [4.78, 5) is 15.7. The summed E-state index contributed by atoms with van der Waals surface area (Å²) in [5.41, 5.74) is 6.14. The number of carbonyl (C=O) groups excluding carboxylic acids is 1. The number of sulfonamides is 1. The second-order valence-electron chi connectivity index (χ2n) is 9.88. The van der Waals surface area contributed by atoms with Crippen LogP contribution in [-0.4, -0.2) is 50.8 Å². The average molecular weight is 538 g/mol. The molecule has 4 rings (SSSR count). The largest absolute Gasteiger partial charge is 0.447 e. The Balaban J connectivity index is 0.000000454. The number of carbonyl (C=O) groups is 1. The normalized spacial score (nSPS) is 17.6. The highest BCUT2D eigenvalue weighted by Gasteiger charge is 2.32. The number of benzene rings is 1. The zero-order valence-electron chi connectivity index (χ0n) is 21.6. The van der Waals surface area contributed by atoms with Gasteiger partial charge in [-0.2, -0.15) is 0 Å². The molecule has 1 saturated carbocycles. The van der Waals surface area contributed by atoms with Crippen LogP contribution in [0.2, 0.25) is 0 Å². The maximum atomic E-state index is 13.0. The highest BCUT2D eigenvalue weighted by molar-refractivity contribution is 7.89. The first kappa shape index (κ1) is 28.4. The molecule has 1 aliphatic heterocycles. The minimum Gasteiger partial charge on any atom is -0.447 e. The van der Waals surface area contributed by atoms with Gasteiger partial charge in [0.15, 0.2) is 0 Å². The molecule has 0 bridgehead atoms. The molecular formula is C25H39N5O4S2. The first-order chi connectivity index (χ1) is 17.0. The molecule has 0 spiro atoms. The minimum absolute atomic E-state index is 0.0423. The maximum Gasteiger partial charge on any atom is 0.404 e. The fourth-order valence-corrected chi connectivity index (χ4v) is 6.89. The van der Waals surface area contributed by atoms with Gasteiger partial charge in [0, 0.05) is 43.0 Å². The Kier molecular flexibility index (Phi) is 9.73. The second kappa shape index (κ2) is 12.4. The Morgan fingerprint density at radius 1 is 1.28 bits per heavy atom. The molecular weight excluding hydrogens is 498 g/mol. The summed E-state index contributed by atoms with van der Waals surface area (Å²) in [5, 5.41) is 7.88. The van der Waals surface area contributed by atoms with Gasteiger partial charge in [0.25, 0.3) is 0 Å². The van der Waals surface area contributed by atoms with E-state index in [9.17, 15) is 13.2 Å². The summed E-state index contributed by atoms with van der Waals surface area (Å²) in [6.07, 6.45) is 7.23. The standard InChI is InChI=1S/C21H30N4O2S2.C4H9NO2/c1-3-24-29(26,27)19-11-16(25-21(2)13-22-14-21)9-10-17(19)18-12-23-20(28-18)15-7-5-4-6-8-15;1-3(2)7-4(5)6/h9-12,15,22,24-25H,3-8,13-14H2,1-2H3;3H,1-2H3,(H2,5,6). The SMILES string of the molecule is CC(C)OC(N)=O.CCNS(=O)(=O)c1cc(NC2(C)CNC2)ccc1-c1cnc(C2CCCCC2)s1. The number of primary amides is 1. The van der Waals surface area contributed by atoms with Crippen LogP contribution >= 0.6 is 11.3 Å². The van der Waals surface area contributed by atoms with Gasteiger partial charge in [-0.15, -0.1) is 11.3 Å². The van der Waals surface area contributed by atoms with Gasteiger partial charge in [0.05, 0.1) is 26.4 Å². The first-order valence-corrected chi connectivity index (χ1v) is 14.9. The Morgan fingerprint density at radius 2 is 1.97 bits per heavy atom. The van der Waals surface area contributed by atoms with Crippen LogP contribution in [0.15, 0.2) is 29.3 Å². The quantitative estimate of drug-likeness (QED) is 0.391. The van der Waals surface area contributed by atoms with E-state index in [0.29, 0.717) is 17.4 Å². The third kappa shape index (κ3) is 7.64. The van der Waals surface area contributed by atoms with E-state index in [1.807, 2.05) is 18.3 Å². The van der Waals surface area contributed by atoms with Gasteiger partial charge in [0.2, 0.25) is 10.0 Å². The van der Waals surface area contributed by atoms with Crippen LogP contribution in [-0.2, 0) is 14.8 Å². The molecule has 1 saturated heterocycles. The Morgan fingerprint density at radius 3 is 2.50 bits per heavy atom. The molecule has 2 heterocycles. The van der Waals surface area contributed by atoms with E-state index in [1.54, 1.807) is 38.2 Å². The Labute approximate surface area is 218 Å². The number of nitrogens with two attached hydrogens (primary N) is 1. The van der Waals surface area contributed by atoms with Crippen molar-refractivity contribution in [1.29, 1.82) is 0 Å². The molecule has 11 heteroatoms. The van der Waals surface area contributed by atoms with Crippen LogP contribution in [0.4, 0.5) is 10.5 Å². The van der Waals surface area contributed by atoms with Crippen molar-refractivity contribution in [2.75, 3.05) is 25.0 Å². The fourth-order valence-electron chi connectivity index (χ4n) is 4.41. The maximum absolute atomic E-state index is 13.0. The van der Waals surface area contributed by atoms with Crippen LogP contribution in [0, 0.1) is 0 Å². The predicted molar refractivity (Wildman–Crippen MR) is 145 cm³/mol. The van der Waals surface area contributed by atoms with Gasteiger partial charge >= 0.3 is 6.09 Å². The van der Waals surface area contributed by atoms with Crippen molar-refractivity contribution in [3.05, 3.63) is 29.4 Å². The van der Waals surface area contributed by atoms with Crippen molar-refractivity contribution in [1.82, 2.24) is 15.0 Å². The average Bonchev–Trinajstić information content (AvgIpc) is 3.28. The molecule has 36 heavy (non-hydrogen) atoms. The van der Waals surface area contributed by atoms with Crippen LogP contribution in [0.1, 0.15) is 70.7 Å². The van der Waals surface area contributed by atoms with Crippen LogP contribution in [0.5, 0.6) is 0 Å². The molecule has 1 aliphatic carbocycles. The van der Waals surface area contributed by atoms with Crippen molar-refractivity contribution in [2.24, 2.45) is 5.73 Å². The Bertz CT molecular complexity index is 1120. The summed E-state index contributed by atoms with van der Waals surface area (Å²) < 4.78 is 33.0. The number of nitrogens with zero attached hydrogens (tertiary/aromatic N) is 1. The van der Waals surface area contributed by atoms with E-state index < -0.39 is 16.1 Å². The fraction of sp³-hybridized carbons (Fsp3) is 0.600. The van der Waals surface area contributed by atoms with Crippen molar-refractivity contribution in [2.45, 2.75) is 82.3 Å². The number of anilines is 1. The third-order valence-corrected chi connectivity index (χ3v) is 8.96. The molecule has 0 atom stereocenters. The molecule has 2 fully saturated rings. The Hall–Kier alpha value is -2.21. The first-order valence-electron chi connectivity index (χ1n) is 12.6. The van der Waals surface area contributed by atoms with E-state index in [-0.39, 0.29) is 11.6 Å². The van der Waals surface area contributed by atoms with Gasteiger partial charge in [-0.25, -0.2) is 22.9 Å². The number of ether oxygens (including phenoxy) is 1. The lowest BCUT2D eigenvalue weighted by molar-refractivity contribution is 0.125. The summed E-state index contributed by atoms with van der Waals surface area (Å²) in [6.45, 7) is 9.50. The number of rotatable bonds is 8. The summed E-state index contributed by atoms with van der Waals surface area (Å²) in [7, 11) is -3.60. The summed E-state index contributed by atoms with van der Waals surface area (Å²) in [5.74, 6) is 0.517. The molecule has 1 amide bonds. The van der Waals surface area contributed by atoms with E-state index >= 15 is 0 Å². The highest BCUT2D eigenvalue weighted by Crippen LogP contribution is 2.39. The number of hydrogen-bond donors (Lipinski definition) is 4. The van der Waals surface area contributed by atoms with Crippen molar-refractivity contribution in [3.63, 3.8) is 0 Å². The lowest BCUT2D eigenvalue weighted by atomic mass is 9.90. The van der Waals surface area contributed by atoms with Crippen molar-refractivity contribution >= 4 is 33.1 Å². The number of aromatic nitrogens is 1. The van der Waals surface area contributed by atoms with Gasteiger partial charge in [-0.1, -0.05) is 32.3 Å². The van der Waals surface area contributed by atoms with Gasteiger partial charge in [-0.05, 0) is 45.7 Å². The predicted octanol–water partition coefficient (Wildman–Crippen LogP) is 4.42. The lowest BCUT2D eigenvalue weighted by Gasteiger charge is -2.41. The van der Waals surface area contributed by atoms with E-state index in [1.165, 1.54) is 32.1 Å². The zero-order valence-corrected chi connectivity index (χ0v) is 23.2. The van der Waals surface area contributed by atoms with Crippen LogP contribution < -0.4 is 21.1 Å². The van der Waals surface area contributed by atoms with Gasteiger partial charge in [0.1, 0.15) is 0 Å². The zero-order chi connectivity index (χ0) is 26.3. The van der Waals surface area contributed by atoms with Crippen LogP contribution in [0.3, 0.4) is 0 Å². The topological polar surface area (TPSA) is 135 Å². The molecule has 0 unspecified atom stereocenters. The molecule has 1 aromatic heterocycles. The molecule has 0 radical (unpaired) electrons. The lowest BCUT2D eigenvalue weighted by Crippen LogP contribution is -2.62. The van der Waals surface area contributed by atoms with E-state index in [0.717, 1.165) is 34.2 Å². The molecule has 2 aliphatic rings. The number of thiazole rings is 1. The highest BCUT2D eigenvalue weighted by atomic mass is 32.2. The number of nitrogens with one attached hydrogen (secondary N) is 3. The third-order valence-electron chi connectivity index (χ3n) is 6.18. The summed E-state index contributed by atoms with van der Waals surface area (Å²) in [6, 6.07) is 5.65. The molecule has 5 N–H and O–H groups in total. The second-order valence-corrected chi connectivity index (χ2v) is 12.7. The van der Waals surface area contributed by atoms with E-state index in [4.69, 9.17) is 0 Å². The summed E-state index contributed by atoms with van der Waals surface area (Å²) >= 11 is 1.64. The van der Waals surface area contributed by atoms with Crippen molar-refractivity contribution < 1.29 is 17.9 Å². The number of hydrogen-bond acceptors (Lipinski definition) is 8. The number of amides is 1. The monoisotopic (exact) mass is 537 g/mol. The molecule has 200 valence electrons. The van der Waals surface area contributed by atoms with Crippen molar-refractivity contribution in [3.8, 4) is 10.4 Å². The molecule has 1 aromatic carbocycles. The van der Waals surface area contributed by atoms with Gasteiger partial charge < -0.3 is 21.1 Å². The van der Waals surface area contributed by atoms with E-state index in [2.05, 4.69) is 37.7 Å². The minimum atomic E-state index is -3.60. The van der Waals surface area contributed by atoms with Crippen LogP contribution in [0.25, 0.3) is 10.4 Å². The molecule has 2 aromatic rings. The van der Waals surface area contributed by atoms with Gasteiger partial charge in [-0.3, -0.25) is 0 Å².